The highest BCUT2D eigenvalue weighted by molar-refractivity contribution is 7.92. The number of nitrogens with two attached hydrogens (primary N) is 1. The Kier molecular flexibility index (Phi) is 5.42. The number of carbonyl (C=O) groups is 1. The topological polar surface area (TPSA) is 101 Å². The molecule has 0 aliphatic heterocycles. The lowest BCUT2D eigenvalue weighted by Crippen LogP contribution is -2.38. The van der Waals surface area contributed by atoms with Gasteiger partial charge in [0.05, 0.1) is 5.75 Å². The number of hydrogen-bond acceptors (Lipinski definition) is 4. The molecule has 1 aromatic carbocycles. The van der Waals surface area contributed by atoms with Gasteiger partial charge in [0.25, 0.3) is 5.91 Å². The van der Waals surface area contributed by atoms with E-state index in [0.29, 0.717) is 30.1 Å². The predicted octanol–water partition coefficient (Wildman–Crippen LogP) is 1.31. The van der Waals surface area contributed by atoms with Crippen LogP contribution >= 0.6 is 0 Å². The third kappa shape index (κ3) is 4.99. The van der Waals surface area contributed by atoms with E-state index in [9.17, 15) is 13.2 Å². The van der Waals surface area contributed by atoms with E-state index in [1.165, 1.54) is 0 Å². The summed E-state index contributed by atoms with van der Waals surface area (Å²) in [4.78, 5) is 12.0. The second-order valence-corrected chi connectivity index (χ2v) is 7.55. The van der Waals surface area contributed by atoms with Gasteiger partial charge < -0.3 is 11.1 Å². The zero-order chi connectivity index (χ0) is 16.2. The molecule has 1 aliphatic rings. The summed E-state index contributed by atoms with van der Waals surface area (Å²) < 4.78 is 25.8. The molecule has 0 saturated heterocycles. The summed E-state index contributed by atoms with van der Waals surface area (Å²) in [5.41, 5.74) is 6.88. The first-order chi connectivity index (χ1) is 10.4. The second kappa shape index (κ2) is 7.11. The molecule has 0 spiro atoms. The zero-order valence-electron chi connectivity index (χ0n) is 12.7. The number of nitrogens with one attached hydrogen (secondary N) is 2. The van der Waals surface area contributed by atoms with Gasteiger partial charge in [-0.3, -0.25) is 9.52 Å². The van der Waals surface area contributed by atoms with Crippen molar-refractivity contribution in [3.8, 4) is 0 Å². The molecule has 0 heterocycles. The number of carbonyl (C=O) groups excluding carboxylic acids is 1. The van der Waals surface area contributed by atoms with Crippen molar-refractivity contribution in [2.45, 2.75) is 32.2 Å². The van der Waals surface area contributed by atoms with E-state index in [1.807, 2.05) is 0 Å². The molecule has 22 heavy (non-hydrogen) atoms. The van der Waals surface area contributed by atoms with Gasteiger partial charge in [-0.05, 0) is 49.4 Å². The Bertz CT molecular complexity index is 609. The van der Waals surface area contributed by atoms with E-state index in [1.54, 1.807) is 31.2 Å². The van der Waals surface area contributed by atoms with E-state index in [0.717, 1.165) is 12.8 Å². The molecule has 1 amide bonds. The van der Waals surface area contributed by atoms with Crippen LogP contribution in [0.5, 0.6) is 0 Å². The summed E-state index contributed by atoms with van der Waals surface area (Å²) in [6.45, 7) is 2.27. The Balaban J connectivity index is 1.89. The molecular formula is C15H23N3O3S. The lowest BCUT2D eigenvalue weighted by atomic mass is 10.1. The summed E-state index contributed by atoms with van der Waals surface area (Å²) in [6, 6.07) is 6.39. The minimum Gasteiger partial charge on any atom is -0.350 e. The zero-order valence-corrected chi connectivity index (χ0v) is 13.5. The Hall–Kier alpha value is -1.60. The van der Waals surface area contributed by atoms with Crippen molar-refractivity contribution in [1.29, 1.82) is 0 Å². The monoisotopic (exact) mass is 325 g/mol. The van der Waals surface area contributed by atoms with Crippen molar-refractivity contribution >= 4 is 21.6 Å². The molecule has 2 rings (SSSR count). The maximum atomic E-state index is 12.0. The van der Waals surface area contributed by atoms with Crippen LogP contribution < -0.4 is 15.8 Å². The first-order valence-corrected chi connectivity index (χ1v) is 9.21. The first-order valence-electron chi connectivity index (χ1n) is 7.55. The van der Waals surface area contributed by atoms with Crippen LogP contribution in [0, 0.1) is 5.92 Å². The second-order valence-electron chi connectivity index (χ2n) is 5.71. The number of benzene rings is 1. The van der Waals surface area contributed by atoms with Crippen molar-refractivity contribution in [2.24, 2.45) is 11.7 Å². The van der Waals surface area contributed by atoms with Gasteiger partial charge in [-0.1, -0.05) is 6.92 Å². The number of amides is 1. The quantitative estimate of drug-likeness (QED) is 0.670. The summed E-state index contributed by atoms with van der Waals surface area (Å²) >= 11 is 0. The van der Waals surface area contributed by atoms with Gasteiger partial charge in [0, 0.05) is 23.8 Å². The van der Waals surface area contributed by atoms with Crippen LogP contribution in [0.4, 0.5) is 5.69 Å². The summed E-state index contributed by atoms with van der Waals surface area (Å²) in [7, 11) is -3.31. The standard InChI is InChI=1S/C15H23N3O3S/c1-2-9-22(20,21)18-13-7-5-12(6-8-13)15(19)17-10-14(16)11-3-4-11/h5-8,11,14,18H,2-4,9-10,16H2,1H3,(H,17,19). The molecule has 6 nitrogen and oxygen atoms in total. The molecule has 7 heteroatoms. The molecule has 1 atom stereocenters. The number of hydrogen-bond donors (Lipinski definition) is 3. The lowest BCUT2D eigenvalue weighted by Gasteiger charge is -2.12. The van der Waals surface area contributed by atoms with E-state index in [4.69, 9.17) is 5.73 Å². The van der Waals surface area contributed by atoms with Gasteiger partial charge in [0.2, 0.25) is 10.0 Å². The van der Waals surface area contributed by atoms with Crippen LogP contribution in [0.1, 0.15) is 36.5 Å². The number of sulfonamides is 1. The molecule has 122 valence electrons. The maximum absolute atomic E-state index is 12.0. The molecule has 4 N–H and O–H groups in total. The first kappa shape index (κ1) is 16.8. The minimum atomic E-state index is -3.31. The lowest BCUT2D eigenvalue weighted by molar-refractivity contribution is 0.0950. The van der Waals surface area contributed by atoms with Gasteiger partial charge >= 0.3 is 0 Å². The number of anilines is 1. The average Bonchev–Trinajstić information content (AvgIpc) is 3.29. The summed E-state index contributed by atoms with van der Waals surface area (Å²) in [6.07, 6.45) is 2.84. The van der Waals surface area contributed by atoms with Crippen LogP contribution in [0.3, 0.4) is 0 Å². The minimum absolute atomic E-state index is 0.0177. The fourth-order valence-corrected chi connectivity index (χ4v) is 3.33. The Morgan fingerprint density at radius 1 is 1.32 bits per heavy atom. The van der Waals surface area contributed by atoms with Gasteiger partial charge in [-0.15, -0.1) is 0 Å². The fourth-order valence-electron chi connectivity index (χ4n) is 2.19. The molecule has 1 aliphatic carbocycles. The summed E-state index contributed by atoms with van der Waals surface area (Å²) in [5, 5.41) is 2.81. The predicted molar refractivity (Wildman–Crippen MR) is 87.2 cm³/mol. The molecule has 1 unspecified atom stereocenters. The average molecular weight is 325 g/mol. The summed E-state index contributed by atoms with van der Waals surface area (Å²) in [5.74, 6) is 0.420. The molecule has 1 saturated carbocycles. The number of rotatable bonds is 8. The van der Waals surface area contributed by atoms with Crippen LogP contribution in [0.15, 0.2) is 24.3 Å². The largest absolute Gasteiger partial charge is 0.350 e. The Labute approximate surface area is 131 Å². The van der Waals surface area contributed by atoms with Crippen LogP contribution in [-0.2, 0) is 10.0 Å². The SMILES string of the molecule is CCCS(=O)(=O)Nc1ccc(C(=O)NCC(N)C2CC2)cc1. The van der Waals surface area contributed by atoms with Crippen LogP contribution in [0.2, 0.25) is 0 Å². The van der Waals surface area contributed by atoms with Crippen molar-refractivity contribution in [1.82, 2.24) is 5.32 Å². The smallest absolute Gasteiger partial charge is 0.251 e. The van der Waals surface area contributed by atoms with Crippen molar-refractivity contribution in [3.63, 3.8) is 0 Å². The van der Waals surface area contributed by atoms with Crippen molar-refractivity contribution < 1.29 is 13.2 Å². The van der Waals surface area contributed by atoms with Crippen molar-refractivity contribution in [3.05, 3.63) is 29.8 Å². The maximum Gasteiger partial charge on any atom is 0.251 e. The Morgan fingerprint density at radius 2 is 1.95 bits per heavy atom. The van der Waals surface area contributed by atoms with Gasteiger partial charge in [0.1, 0.15) is 0 Å². The van der Waals surface area contributed by atoms with E-state index in [-0.39, 0.29) is 17.7 Å². The molecule has 1 aromatic rings. The highest BCUT2D eigenvalue weighted by Crippen LogP contribution is 2.31. The van der Waals surface area contributed by atoms with E-state index >= 15 is 0 Å². The van der Waals surface area contributed by atoms with Gasteiger partial charge in [0.15, 0.2) is 0 Å². The molecule has 0 bridgehead atoms. The van der Waals surface area contributed by atoms with Gasteiger partial charge in [-0.2, -0.15) is 0 Å². The van der Waals surface area contributed by atoms with E-state index < -0.39 is 10.0 Å². The van der Waals surface area contributed by atoms with Crippen LogP contribution in [0.25, 0.3) is 0 Å². The highest BCUT2D eigenvalue weighted by atomic mass is 32.2. The highest BCUT2D eigenvalue weighted by Gasteiger charge is 2.28. The molecular weight excluding hydrogens is 302 g/mol. The van der Waals surface area contributed by atoms with Crippen molar-refractivity contribution in [2.75, 3.05) is 17.0 Å². The molecule has 0 radical (unpaired) electrons. The molecule has 0 aromatic heterocycles. The Morgan fingerprint density at radius 3 is 2.50 bits per heavy atom. The normalized spacial score (nSPS) is 16.1. The van der Waals surface area contributed by atoms with E-state index in [2.05, 4.69) is 10.0 Å². The van der Waals surface area contributed by atoms with Gasteiger partial charge in [-0.25, -0.2) is 8.42 Å². The third-order valence-corrected chi connectivity index (χ3v) is 5.11. The van der Waals surface area contributed by atoms with Crippen LogP contribution in [-0.4, -0.2) is 32.7 Å². The third-order valence-electron chi connectivity index (χ3n) is 3.62. The molecule has 1 fully saturated rings. The fraction of sp³-hybridized carbons (Fsp3) is 0.533.